The number of aryl methyl sites for hydroxylation is 1. The first-order chi connectivity index (χ1) is 28.4. The summed E-state index contributed by atoms with van der Waals surface area (Å²) < 4.78 is 62.3. The molecule has 1 N–H and O–H groups in total. The van der Waals surface area contributed by atoms with Crippen LogP contribution in [0.25, 0.3) is 0 Å². The van der Waals surface area contributed by atoms with Crippen LogP contribution in [-0.2, 0) is 44.6 Å². The normalized spacial score (nSPS) is 20.4. The number of piperidine rings is 1. The van der Waals surface area contributed by atoms with Crippen LogP contribution in [0.1, 0.15) is 74.3 Å². The number of carbonyl (C=O) groups is 4. The average molecular weight is 847 g/mol. The number of nitrogens with one attached hydrogen (secondary N) is 1. The molecule has 4 fully saturated rings. The van der Waals surface area contributed by atoms with Crippen LogP contribution in [0.2, 0.25) is 0 Å². The fourth-order valence-electron chi connectivity index (χ4n) is 8.67. The van der Waals surface area contributed by atoms with E-state index in [9.17, 15) is 42.0 Å². The van der Waals surface area contributed by atoms with Crippen LogP contribution >= 0.6 is 12.2 Å². The molecular formula is C44H46F4N6O5S. The molecule has 3 saturated heterocycles. The topological polar surface area (TPSA) is 126 Å². The molecule has 1 atom stereocenters. The summed E-state index contributed by atoms with van der Waals surface area (Å²) in [5.41, 5.74) is -0.467. The van der Waals surface area contributed by atoms with Gasteiger partial charge >= 0.3 is 6.18 Å². The quantitative estimate of drug-likeness (QED) is 0.122. The van der Waals surface area contributed by atoms with Crippen molar-refractivity contribution in [1.29, 1.82) is 5.26 Å². The van der Waals surface area contributed by atoms with Crippen molar-refractivity contribution in [2.24, 2.45) is 5.92 Å². The zero-order valence-corrected chi connectivity index (χ0v) is 34.5. The molecule has 3 heterocycles. The number of benzene rings is 3. The molecule has 1 spiro atoms. The van der Waals surface area contributed by atoms with Gasteiger partial charge in [0.1, 0.15) is 23.7 Å². The van der Waals surface area contributed by atoms with E-state index in [0.717, 1.165) is 48.5 Å². The molecule has 3 aromatic carbocycles. The summed E-state index contributed by atoms with van der Waals surface area (Å²) in [6.45, 7) is 8.83. The first-order valence-electron chi connectivity index (χ1n) is 20.1. The number of anilines is 2. The van der Waals surface area contributed by atoms with Crippen LogP contribution < -0.4 is 19.9 Å². The molecule has 0 aromatic heterocycles. The maximum atomic E-state index is 14.6. The van der Waals surface area contributed by atoms with Crippen LogP contribution in [0.4, 0.5) is 28.9 Å². The smallest absolute Gasteiger partial charge is 0.417 e. The maximum Gasteiger partial charge on any atom is 0.417 e. The largest absolute Gasteiger partial charge is 0.492 e. The number of rotatable bonds is 13. The molecule has 1 unspecified atom stereocenters. The Morgan fingerprint density at radius 2 is 1.75 bits per heavy atom. The predicted molar refractivity (Wildman–Crippen MR) is 219 cm³/mol. The summed E-state index contributed by atoms with van der Waals surface area (Å²) in [7, 11) is 0. The van der Waals surface area contributed by atoms with Crippen LogP contribution in [0.5, 0.6) is 5.75 Å². The lowest BCUT2D eigenvalue weighted by molar-refractivity contribution is -0.138. The van der Waals surface area contributed by atoms with E-state index in [1.165, 1.54) is 18.2 Å². The third-order valence-electron chi connectivity index (χ3n) is 12.0. The average Bonchev–Trinajstić information content (AvgIpc) is 3.92. The first kappa shape index (κ1) is 42.9. The highest BCUT2D eigenvalue weighted by molar-refractivity contribution is 7.81. The first-order valence-corrected chi connectivity index (χ1v) is 20.5. The van der Waals surface area contributed by atoms with Gasteiger partial charge in [-0.25, -0.2) is 4.39 Å². The van der Waals surface area contributed by atoms with Gasteiger partial charge in [0, 0.05) is 56.2 Å². The second-order valence-corrected chi connectivity index (χ2v) is 17.0. The van der Waals surface area contributed by atoms with Gasteiger partial charge in [-0.15, -0.1) is 0 Å². The van der Waals surface area contributed by atoms with E-state index in [1.54, 1.807) is 36.9 Å². The minimum Gasteiger partial charge on any atom is -0.492 e. The highest BCUT2D eigenvalue weighted by Crippen LogP contribution is 2.44. The summed E-state index contributed by atoms with van der Waals surface area (Å²) in [6.07, 6.45) is -1.23. The molecule has 3 aliphatic heterocycles. The Labute approximate surface area is 351 Å². The summed E-state index contributed by atoms with van der Waals surface area (Å²) in [6, 6.07) is 14.6. The summed E-state index contributed by atoms with van der Waals surface area (Å²) >= 11 is 5.72. The van der Waals surface area contributed by atoms with E-state index in [1.807, 2.05) is 19.1 Å². The van der Waals surface area contributed by atoms with E-state index in [-0.39, 0.29) is 53.3 Å². The number of nitrogens with zero attached hydrogens (tertiary/aromatic N) is 5. The van der Waals surface area contributed by atoms with Gasteiger partial charge in [-0.1, -0.05) is 13.0 Å². The second-order valence-electron chi connectivity index (χ2n) is 16.6. The Hall–Kier alpha value is -5.24. The van der Waals surface area contributed by atoms with Crippen molar-refractivity contribution in [2.75, 3.05) is 49.1 Å². The lowest BCUT2D eigenvalue weighted by Gasteiger charge is -2.42. The van der Waals surface area contributed by atoms with Crippen LogP contribution in [0.3, 0.4) is 0 Å². The third kappa shape index (κ3) is 8.80. The molecule has 0 bridgehead atoms. The summed E-state index contributed by atoms with van der Waals surface area (Å²) in [5.74, 6) is -1.38. The van der Waals surface area contributed by atoms with Crippen LogP contribution in [0.15, 0.2) is 54.6 Å². The van der Waals surface area contributed by atoms with Gasteiger partial charge in [-0.05, 0) is 123 Å². The summed E-state index contributed by atoms with van der Waals surface area (Å²) in [4.78, 5) is 58.1. The Morgan fingerprint density at radius 3 is 2.43 bits per heavy atom. The van der Waals surface area contributed by atoms with Crippen molar-refractivity contribution in [2.45, 2.75) is 83.0 Å². The molecule has 4 aliphatic rings. The number of amides is 3. The molecule has 3 aromatic rings. The number of Topliss-reactive ketones (excluding diaryl/α,β-unsaturated/α-hetero) is 1. The van der Waals surface area contributed by atoms with E-state index in [2.05, 4.69) is 15.1 Å². The van der Waals surface area contributed by atoms with E-state index in [4.69, 9.17) is 17.0 Å². The fraction of sp³-hybridized carbons (Fsp3) is 0.455. The zero-order valence-electron chi connectivity index (χ0n) is 33.7. The molecule has 3 amide bonds. The number of carbonyl (C=O) groups excluding carboxylic acids is 4. The number of ether oxygens (including phenoxy) is 1. The minimum atomic E-state index is -4.80. The van der Waals surface area contributed by atoms with Gasteiger partial charge in [0.15, 0.2) is 10.9 Å². The molecule has 11 nitrogen and oxygen atoms in total. The lowest BCUT2D eigenvalue weighted by Crippen LogP contribution is -2.56. The van der Waals surface area contributed by atoms with Crippen molar-refractivity contribution >= 4 is 52.2 Å². The Bertz CT molecular complexity index is 2290. The van der Waals surface area contributed by atoms with E-state index < -0.39 is 40.5 Å². The predicted octanol–water partition coefficient (Wildman–Crippen LogP) is 6.13. The third-order valence-corrected chi connectivity index (χ3v) is 12.4. The standard InChI is InChI=1S/C44H46F4N6O5S/c1-4-29-22-34(54-41(60)53(40(58)42(54,2)3)33-7-5-31(24-49)36(23-33)44(46,47)48)8-9-37(29)59-16-15-51-13-14-52(43(26-51)11-12-43)25-35(55)21-28-17-27(19-32(45)20-28)18-30-6-10-38(56)50-39(30)57/h5,7-9,17,19-20,22-23,30H,4,6,10-16,18,21,25-26H2,1-3H3,(H,50,56,57). The van der Waals surface area contributed by atoms with Gasteiger partial charge < -0.3 is 9.64 Å². The molecule has 16 heteroatoms. The number of alkyl halides is 3. The number of hydrogen-bond acceptors (Lipinski definition) is 9. The highest BCUT2D eigenvalue weighted by Gasteiger charge is 2.52. The molecule has 316 valence electrons. The molecule has 1 aliphatic carbocycles. The minimum absolute atomic E-state index is 0.00819. The number of thiocarbonyl (C=S) groups is 1. The van der Waals surface area contributed by atoms with Gasteiger partial charge in [-0.3, -0.25) is 39.2 Å². The monoisotopic (exact) mass is 846 g/mol. The van der Waals surface area contributed by atoms with Crippen molar-refractivity contribution in [1.82, 2.24) is 15.1 Å². The molecule has 1 saturated carbocycles. The number of piperazine rings is 1. The van der Waals surface area contributed by atoms with Gasteiger partial charge in [0.05, 0.1) is 29.4 Å². The van der Waals surface area contributed by atoms with Crippen molar-refractivity contribution in [3.63, 3.8) is 0 Å². The summed E-state index contributed by atoms with van der Waals surface area (Å²) in [5, 5.41) is 11.6. The Balaban J connectivity index is 0.937. The SMILES string of the molecule is CCc1cc(N2C(=S)N(c3ccc(C#N)c(C(F)(F)F)c3)C(=O)C2(C)C)ccc1OCCN1CCN(CC(=O)Cc2cc(F)cc(CC3CCC(=O)NC3=O)c2)C2(CC2)C1. The van der Waals surface area contributed by atoms with E-state index >= 15 is 0 Å². The Kier molecular flexibility index (Phi) is 11.9. The fourth-order valence-corrected chi connectivity index (χ4v) is 9.19. The molecule has 7 rings (SSSR count). The van der Waals surface area contributed by atoms with Gasteiger partial charge in [-0.2, -0.15) is 18.4 Å². The van der Waals surface area contributed by atoms with Crippen LogP contribution in [0, 0.1) is 23.1 Å². The maximum absolute atomic E-state index is 14.6. The number of ketones is 1. The van der Waals surface area contributed by atoms with Gasteiger partial charge in [0.2, 0.25) is 11.8 Å². The lowest BCUT2D eigenvalue weighted by atomic mass is 9.90. The second kappa shape index (κ2) is 16.7. The molecule has 0 radical (unpaired) electrons. The molecule has 60 heavy (non-hydrogen) atoms. The number of halogens is 4. The Morgan fingerprint density at radius 1 is 1.02 bits per heavy atom. The van der Waals surface area contributed by atoms with Crippen molar-refractivity contribution in [3.8, 4) is 11.8 Å². The number of hydrogen-bond donors (Lipinski definition) is 1. The number of imide groups is 1. The number of nitriles is 1. The molecular weight excluding hydrogens is 801 g/mol. The van der Waals surface area contributed by atoms with Crippen molar-refractivity contribution in [3.05, 3.63) is 88.2 Å². The van der Waals surface area contributed by atoms with Crippen LogP contribution in [-0.4, -0.2) is 88.8 Å². The zero-order chi connectivity index (χ0) is 43.1. The van der Waals surface area contributed by atoms with E-state index in [0.29, 0.717) is 61.5 Å². The highest BCUT2D eigenvalue weighted by atomic mass is 32.1. The van der Waals surface area contributed by atoms with Gasteiger partial charge in [0.25, 0.3) is 5.91 Å². The van der Waals surface area contributed by atoms with Crippen molar-refractivity contribution < 1.29 is 41.5 Å².